The van der Waals surface area contributed by atoms with E-state index in [9.17, 15) is 13.2 Å². The van der Waals surface area contributed by atoms with Gasteiger partial charge in [0.2, 0.25) is 15.9 Å². The Morgan fingerprint density at radius 3 is 2.77 bits per heavy atom. The van der Waals surface area contributed by atoms with Crippen LogP contribution in [0.4, 0.5) is 0 Å². The Balaban J connectivity index is 2.33. The maximum absolute atomic E-state index is 12.8. The van der Waals surface area contributed by atoms with Crippen molar-refractivity contribution in [3.63, 3.8) is 0 Å². The van der Waals surface area contributed by atoms with Crippen LogP contribution in [0.2, 0.25) is 0 Å². The lowest BCUT2D eigenvalue weighted by atomic mass is 10.2. The van der Waals surface area contributed by atoms with E-state index in [4.69, 9.17) is 4.74 Å². The smallest absolute Gasteiger partial charge is 0.243 e. The first-order valence-electron chi connectivity index (χ1n) is 7.38. The van der Waals surface area contributed by atoms with E-state index in [1.165, 1.54) is 4.31 Å². The highest BCUT2D eigenvalue weighted by Crippen LogP contribution is 2.26. The minimum Gasteiger partial charge on any atom is -0.494 e. The third kappa shape index (κ3) is 3.41. The van der Waals surface area contributed by atoms with Gasteiger partial charge in [-0.1, -0.05) is 0 Å². The molecule has 1 N–H and O–H groups in total. The van der Waals surface area contributed by atoms with Crippen molar-refractivity contribution >= 4 is 15.9 Å². The SMILES string of the molecule is CCOc1ccc(S(=O)(=O)N2CCNC(=O)CC2C)cc1C. The third-order valence-corrected chi connectivity index (χ3v) is 5.69. The number of hydrogen-bond acceptors (Lipinski definition) is 4. The van der Waals surface area contributed by atoms with Gasteiger partial charge < -0.3 is 10.1 Å². The first-order valence-corrected chi connectivity index (χ1v) is 8.82. The minimum atomic E-state index is -3.63. The number of sulfonamides is 1. The molecule has 1 heterocycles. The normalized spacial score (nSPS) is 20.3. The molecule has 7 heteroatoms. The fraction of sp³-hybridized carbons (Fsp3) is 0.533. The Morgan fingerprint density at radius 2 is 2.14 bits per heavy atom. The summed E-state index contributed by atoms with van der Waals surface area (Å²) in [6, 6.07) is 4.49. The van der Waals surface area contributed by atoms with Crippen LogP contribution < -0.4 is 10.1 Å². The van der Waals surface area contributed by atoms with Crippen LogP contribution in [-0.4, -0.2) is 44.4 Å². The molecule has 122 valence electrons. The van der Waals surface area contributed by atoms with Crippen molar-refractivity contribution in [1.29, 1.82) is 0 Å². The number of nitrogens with one attached hydrogen (secondary N) is 1. The molecule has 1 amide bonds. The molecule has 0 spiro atoms. The summed E-state index contributed by atoms with van der Waals surface area (Å²) < 4.78 is 32.5. The van der Waals surface area contributed by atoms with Gasteiger partial charge in [0, 0.05) is 25.6 Å². The van der Waals surface area contributed by atoms with Crippen LogP contribution in [0.3, 0.4) is 0 Å². The van der Waals surface area contributed by atoms with Gasteiger partial charge in [0.15, 0.2) is 0 Å². The number of benzene rings is 1. The second-order valence-corrected chi connectivity index (χ2v) is 7.27. The zero-order chi connectivity index (χ0) is 16.3. The van der Waals surface area contributed by atoms with E-state index >= 15 is 0 Å². The van der Waals surface area contributed by atoms with Crippen molar-refractivity contribution in [2.75, 3.05) is 19.7 Å². The molecule has 1 atom stereocenters. The summed E-state index contributed by atoms with van der Waals surface area (Å²) in [6.45, 7) is 6.60. The van der Waals surface area contributed by atoms with Gasteiger partial charge in [0.25, 0.3) is 0 Å². The first-order chi connectivity index (χ1) is 10.4. The van der Waals surface area contributed by atoms with E-state index < -0.39 is 10.0 Å². The Morgan fingerprint density at radius 1 is 1.41 bits per heavy atom. The fourth-order valence-electron chi connectivity index (χ4n) is 2.56. The van der Waals surface area contributed by atoms with Crippen molar-refractivity contribution in [3.05, 3.63) is 23.8 Å². The Hall–Kier alpha value is -1.60. The number of ether oxygens (including phenoxy) is 1. The molecule has 1 aromatic carbocycles. The first kappa shape index (κ1) is 16.8. The van der Waals surface area contributed by atoms with E-state index in [1.54, 1.807) is 25.1 Å². The van der Waals surface area contributed by atoms with Crippen LogP contribution in [0, 0.1) is 6.92 Å². The number of aryl methyl sites for hydroxylation is 1. The monoisotopic (exact) mass is 326 g/mol. The van der Waals surface area contributed by atoms with E-state index in [0.717, 1.165) is 5.56 Å². The number of nitrogens with zero attached hydrogens (tertiary/aromatic N) is 1. The van der Waals surface area contributed by atoms with Crippen molar-refractivity contribution in [2.24, 2.45) is 0 Å². The van der Waals surface area contributed by atoms with Gasteiger partial charge in [-0.05, 0) is 44.5 Å². The van der Waals surface area contributed by atoms with E-state index in [-0.39, 0.29) is 29.8 Å². The molecule has 1 aliphatic rings. The van der Waals surface area contributed by atoms with Crippen LogP contribution >= 0.6 is 0 Å². The van der Waals surface area contributed by atoms with Crippen LogP contribution in [0.5, 0.6) is 5.75 Å². The maximum Gasteiger partial charge on any atom is 0.243 e. The van der Waals surface area contributed by atoms with Crippen molar-refractivity contribution in [3.8, 4) is 5.75 Å². The van der Waals surface area contributed by atoms with E-state index in [1.807, 2.05) is 13.8 Å². The zero-order valence-corrected chi connectivity index (χ0v) is 13.9. The minimum absolute atomic E-state index is 0.118. The molecule has 1 aromatic rings. The molecule has 6 nitrogen and oxygen atoms in total. The Labute approximate surface area is 131 Å². The van der Waals surface area contributed by atoms with Crippen LogP contribution in [0.15, 0.2) is 23.1 Å². The molecule has 1 saturated heterocycles. The third-order valence-electron chi connectivity index (χ3n) is 3.68. The number of amides is 1. The highest BCUT2D eigenvalue weighted by Gasteiger charge is 2.32. The van der Waals surface area contributed by atoms with Gasteiger partial charge in [0.05, 0.1) is 11.5 Å². The zero-order valence-electron chi connectivity index (χ0n) is 13.1. The molecule has 2 rings (SSSR count). The van der Waals surface area contributed by atoms with Gasteiger partial charge in [-0.25, -0.2) is 8.42 Å². The van der Waals surface area contributed by atoms with E-state index in [2.05, 4.69) is 5.32 Å². The predicted molar refractivity (Wildman–Crippen MR) is 83.3 cm³/mol. The summed E-state index contributed by atoms with van der Waals surface area (Å²) >= 11 is 0. The van der Waals surface area contributed by atoms with Crippen molar-refractivity contribution in [2.45, 2.75) is 38.1 Å². The number of hydrogen-bond donors (Lipinski definition) is 1. The molecular formula is C15H22N2O4S. The van der Waals surface area contributed by atoms with Gasteiger partial charge in [-0.15, -0.1) is 0 Å². The van der Waals surface area contributed by atoms with Gasteiger partial charge in [0.1, 0.15) is 5.75 Å². The average molecular weight is 326 g/mol. The standard InChI is InChI=1S/C15H22N2O4S/c1-4-21-14-6-5-13(9-11(14)2)22(19,20)17-8-7-16-15(18)10-12(17)3/h5-6,9,12H,4,7-8,10H2,1-3H3,(H,16,18). The topological polar surface area (TPSA) is 75.7 Å². The lowest BCUT2D eigenvalue weighted by molar-refractivity contribution is -0.121. The molecular weight excluding hydrogens is 304 g/mol. The van der Waals surface area contributed by atoms with Crippen molar-refractivity contribution < 1.29 is 17.9 Å². The van der Waals surface area contributed by atoms with Gasteiger partial charge in [-0.2, -0.15) is 4.31 Å². The second kappa shape index (κ2) is 6.66. The molecule has 0 radical (unpaired) electrons. The molecule has 1 aliphatic heterocycles. The largest absolute Gasteiger partial charge is 0.494 e. The summed E-state index contributed by atoms with van der Waals surface area (Å²) in [5.41, 5.74) is 0.777. The van der Waals surface area contributed by atoms with Gasteiger partial charge in [-0.3, -0.25) is 4.79 Å². The Bertz CT molecular complexity index is 658. The molecule has 0 aliphatic carbocycles. The maximum atomic E-state index is 12.8. The summed E-state index contributed by atoms with van der Waals surface area (Å²) in [5.74, 6) is 0.565. The lowest BCUT2D eigenvalue weighted by Crippen LogP contribution is -2.39. The molecule has 1 fully saturated rings. The lowest BCUT2D eigenvalue weighted by Gasteiger charge is -2.25. The highest BCUT2D eigenvalue weighted by atomic mass is 32.2. The molecule has 1 unspecified atom stereocenters. The fourth-order valence-corrected chi connectivity index (χ4v) is 4.28. The predicted octanol–water partition coefficient (Wildman–Crippen LogP) is 1.29. The van der Waals surface area contributed by atoms with Gasteiger partial charge >= 0.3 is 0 Å². The van der Waals surface area contributed by atoms with Crippen LogP contribution in [0.1, 0.15) is 25.8 Å². The molecule has 0 aromatic heterocycles. The van der Waals surface area contributed by atoms with Crippen LogP contribution in [-0.2, 0) is 14.8 Å². The van der Waals surface area contributed by atoms with E-state index in [0.29, 0.717) is 18.9 Å². The molecule has 0 saturated carbocycles. The quantitative estimate of drug-likeness (QED) is 0.905. The molecule has 22 heavy (non-hydrogen) atoms. The van der Waals surface area contributed by atoms with Crippen LogP contribution in [0.25, 0.3) is 0 Å². The van der Waals surface area contributed by atoms with Crippen molar-refractivity contribution in [1.82, 2.24) is 9.62 Å². The summed E-state index contributed by atoms with van der Waals surface area (Å²) in [7, 11) is -3.63. The average Bonchev–Trinajstić information content (AvgIpc) is 2.62. The highest BCUT2D eigenvalue weighted by molar-refractivity contribution is 7.89. The Kier molecular flexibility index (Phi) is 5.08. The molecule has 0 bridgehead atoms. The summed E-state index contributed by atoms with van der Waals surface area (Å²) in [4.78, 5) is 11.8. The number of carbonyl (C=O) groups is 1. The number of rotatable bonds is 4. The number of carbonyl (C=O) groups excluding carboxylic acids is 1. The summed E-state index contributed by atoms with van der Waals surface area (Å²) in [6.07, 6.45) is 0.176. The second-order valence-electron chi connectivity index (χ2n) is 5.38. The summed E-state index contributed by atoms with van der Waals surface area (Å²) in [5, 5.41) is 2.70.